The Bertz CT molecular complexity index is 1040. The first-order chi connectivity index (χ1) is 15.1. The number of piperidine rings is 1. The maximum absolute atomic E-state index is 12.7. The van der Waals surface area contributed by atoms with Crippen LogP contribution in [0.2, 0.25) is 10.0 Å². The fraction of sp³-hybridized carbons (Fsp3) is 0.333. The highest BCUT2D eigenvalue weighted by atomic mass is 35.5. The molecule has 0 radical (unpaired) electrons. The fourth-order valence-electron chi connectivity index (χ4n) is 4.06. The van der Waals surface area contributed by atoms with E-state index in [0.717, 1.165) is 54.1 Å². The van der Waals surface area contributed by atoms with Crippen LogP contribution in [0, 0.1) is 5.92 Å². The van der Waals surface area contributed by atoms with Crippen molar-refractivity contribution in [3.63, 3.8) is 0 Å². The Morgan fingerprint density at radius 2 is 1.87 bits per heavy atom. The van der Waals surface area contributed by atoms with Gasteiger partial charge in [0.05, 0.1) is 11.4 Å². The molecule has 0 saturated carbocycles. The first-order valence-electron chi connectivity index (χ1n) is 10.6. The Morgan fingerprint density at radius 3 is 2.71 bits per heavy atom. The summed E-state index contributed by atoms with van der Waals surface area (Å²) >= 11 is 12.0. The lowest BCUT2D eigenvalue weighted by atomic mass is 9.96. The molecule has 1 amide bonds. The lowest BCUT2D eigenvalue weighted by molar-refractivity contribution is -0.126. The summed E-state index contributed by atoms with van der Waals surface area (Å²) in [6.45, 7) is 3.88. The number of rotatable bonds is 7. The number of carbonyl (C=O) groups excluding carboxylic acids is 1. The summed E-state index contributed by atoms with van der Waals surface area (Å²) in [5.74, 6) is 0.166. The van der Waals surface area contributed by atoms with Gasteiger partial charge in [-0.2, -0.15) is 0 Å². The van der Waals surface area contributed by atoms with E-state index in [1.54, 1.807) is 6.20 Å². The highest BCUT2D eigenvalue weighted by Crippen LogP contribution is 2.24. The fourth-order valence-corrected chi connectivity index (χ4v) is 4.36. The SMILES string of the molecule is O=C(NCCNc1ccnc2cc(Cl)ccc12)[C@@H]1CCCN(Cc2ccc(Cl)cc2)C1. The van der Waals surface area contributed by atoms with E-state index in [0.29, 0.717) is 18.1 Å². The van der Waals surface area contributed by atoms with Crippen LogP contribution in [-0.4, -0.2) is 42.0 Å². The zero-order valence-electron chi connectivity index (χ0n) is 17.3. The molecule has 4 rings (SSSR count). The number of pyridine rings is 1. The summed E-state index contributed by atoms with van der Waals surface area (Å²) in [5.41, 5.74) is 3.06. The lowest BCUT2D eigenvalue weighted by Gasteiger charge is -2.32. The summed E-state index contributed by atoms with van der Waals surface area (Å²) in [6, 6.07) is 15.5. The summed E-state index contributed by atoms with van der Waals surface area (Å²) < 4.78 is 0. The van der Waals surface area contributed by atoms with Gasteiger partial charge in [0, 0.05) is 53.5 Å². The van der Waals surface area contributed by atoms with Crippen molar-refractivity contribution in [1.82, 2.24) is 15.2 Å². The molecule has 1 fully saturated rings. The lowest BCUT2D eigenvalue weighted by Crippen LogP contribution is -2.43. The molecule has 0 spiro atoms. The molecule has 0 unspecified atom stereocenters. The Hall–Kier alpha value is -2.34. The molecule has 1 atom stereocenters. The second kappa shape index (κ2) is 10.3. The van der Waals surface area contributed by atoms with E-state index in [2.05, 4.69) is 32.7 Å². The molecule has 2 heterocycles. The minimum atomic E-state index is 0.0324. The summed E-state index contributed by atoms with van der Waals surface area (Å²) in [5, 5.41) is 8.91. The number of fused-ring (bicyclic) bond motifs is 1. The van der Waals surface area contributed by atoms with E-state index in [1.807, 2.05) is 36.4 Å². The summed E-state index contributed by atoms with van der Waals surface area (Å²) in [7, 11) is 0. The molecule has 31 heavy (non-hydrogen) atoms. The molecule has 1 aliphatic heterocycles. The number of amides is 1. The maximum Gasteiger partial charge on any atom is 0.224 e. The van der Waals surface area contributed by atoms with Crippen LogP contribution >= 0.6 is 23.2 Å². The highest BCUT2D eigenvalue weighted by molar-refractivity contribution is 6.31. The van der Waals surface area contributed by atoms with Crippen molar-refractivity contribution in [2.45, 2.75) is 19.4 Å². The van der Waals surface area contributed by atoms with Crippen LogP contribution in [0.15, 0.2) is 54.7 Å². The van der Waals surface area contributed by atoms with Gasteiger partial charge in [-0.15, -0.1) is 0 Å². The van der Waals surface area contributed by atoms with Crippen LogP contribution in [0.3, 0.4) is 0 Å². The van der Waals surface area contributed by atoms with Crippen molar-refractivity contribution in [2.75, 3.05) is 31.5 Å². The Labute approximate surface area is 192 Å². The van der Waals surface area contributed by atoms with Gasteiger partial charge in [-0.1, -0.05) is 35.3 Å². The van der Waals surface area contributed by atoms with Gasteiger partial charge in [0.2, 0.25) is 5.91 Å². The van der Waals surface area contributed by atoms with Crippen LogP contribution in [0.5, 0.6) is 0 Å². The van der Waals surface area contributed by atoms with Crippen molar-refractivity contribution in [3.8, 4) is 0 Å². The van der Waals surface area contributed by atoms with Gasteiger partial charge >= 0.3 is 0 Å². The van der Waals surface area contributed by atoms with Crippen molar-refractivity contribution < 1.29 is 4.79 Å². The molecule has 3 aromatic rings. The largest absolute Gasteiger partial charge is 0.383 e. The smallest absolute Gasteiger partial charge is 0.224 e. The number of hydrogen-bond acceptors (Lipinski definition) is 4. The van der Waals surface area contributed by atoms with Crippen molar-refractivity contribution in [2.24, 2.45) is 5.92 Å². The number of aromatic nitrogens is 1. The molecule has 0 aliphatic carbocycles. The minimum absolute atomic E-state index is 0.0324. The minimum Gasteiger partial charge on any atom is -0.383 e. The van der Waals surface area contributed by atoms with E-state index < -0.39 is 0 Å². The molecule has 162 valence electrons. The Kier molecular flexibility index (Phi) is 7.28. The predicted molar refractivity (Wildman–Crippen MR) is 128 cm³/mol. The van der Waals surface area contributed by atoms with Gasteiger partial charge in [0.1, 0.15) is 0 Å². The number of hydrogen-bond donors (Lipinski definition) is 2. The van der Waals surface area contributed by atoms with Crippen LogP contribution in [0.4, 0.5) is 5.69 Å². The molecule has 1 saturated heterocycles. The Morgan fingerprint density at radius 1 is 1.06 bits per heavy atom. The first kappa shape index (κ1) is 21.9. The molecule has 1 aromatic heterocycles. The average molecular weight is 457 g/mol. The van der Waals surface area contributed by atoms with Gasteiger partial charge < -0.3 is 10.6 Å². The third-order valence-corrected chi connectivity index (χ3v) is 6.13. The number of nitrogens with one attached hydrogen (secondary N) is 2. The van der Waals surface area contributed by atoms with Crippen LogP contribution in [-0.2, 0) is 11.3 Å². The summed E-state index contributed by atoms with van der Waals surface area (Å²) in [4.78, 5) is 19.4. The zero-order valence-corrected chi connectivity index (χ0v) is 18.8. The Balaban J connectivity index is 1.25. The maximum atomic E-state index is 12.7. The standard InChI is InChI=1S/C24H26Cl2N4O/c25-19-5-3-17(4-6-19)15-30-13-1-2-18(16-30)24(31)29-12-11-28-22-9-10-27-23-14-20(26)7-8-21(22)23/h3-10,14,18H,1-2,11-13,15-16H2,(H,27,28)(H,29,31)/t18-/m1/s1. The number of likely N-dealkylation sites (tertiary alicyclic amines) is 1. The molecule has 0 bridgehead atoms. The van der Waals surface area contributed by atoms with Gasteiger partial charge in [0.15, 0.2) is 0 Å². The average Bonchev–Trinajstić information content (AvgIpc) is 2.78. The van der Waals surface area contributed by atoms with E-state index in [1.165, 1.54) is 5.56 Å². The van der Waals surface area contributed by atoms with Crippen LogP contribution < -0.4 is 10.6 Å². The van der Waals surface area contributed by atoms with E-state index in [9.17, 15) is 4.79 Å². The quantitative estimate of drug-likeness (QED) is 0.492. The second-order valence-electron chi connectivity index (χ2n) is 7.94. The number of halogens is 2. The molecule has 2 aromatic carbocycles. The van der Waals surface area contributed by atoms with Crippen molar-refractivity contribution in [1.29, 1.82) is 0 Å². The third-order valence-electron chi connectivity index (χ3n) is 5.64. The summed E-state index contributed by atoms with van der Waals surface area (Å²) in [6.07, 6.45) is 3.73. The van der Waals surface area contributed by atoms with Gasteiger partial charge in [-0.3, -0.25) is 14.7 Å². The molecular formula is C24H26Cl2N4O. The van der Waals surface area contributed by atoms with Gasteiger partial charge in [-0.05, 0) is 61.3 Å². The van der Waals surface area contributed by atoms with Gasteiger partial charge in [0.25, 0.3) is 0 Å². The molecular weight excluding hydrogens is 431 g/mol. The predicted octanol–water partition coefficient (Wildman–Crippen LogP) is 4.98. The number of nitrogens with zero attached hydrogens (tertiary/aromatic N) is 2. The highest BCUT2D eigenvalue weighted by Gasteiger charge is 2.25. The normalized spacial score (nSPS) is 16.9. The van der Waals surface area contributed by atoms with E-state index in [4.69, 9.17) is 23.2 Å². The molecule has 7 heteroatoms. The first-order valence-corrected chi connectivity index (χ1v) is 11.4. The zero-order chi connectivity index (χ0) is 21.6. The molecule has 1 aliphatic rings. The number of anilines is 1. The number of carbonyl (C=O) groups is 1. The second-order valence-corrected chi connectivity index (χ2v) is 8.81. The molecule has 2 N–H and O–H groups in total. The number of benzene rings is 2. The van der Waals surface area contributed by atoms with E-state index >= 15 is 0 Å². The van der Waals surface area contributed by atoms with Gasteiger partial charge in [-0.25, -0.2) is 0 Å². The van der Waals surface area contributed by atoms with E-state index in [-0.39, 0.29) is 11.8 Å². The van der Waals surface area contributed by atoms with Crippen LogP contribution in [0.1, 0.15) is 18.4 Å². The molecule has 5 nitrogen and oxygen atoms in total. The third kappa shape index (κ3) is 5.88. The van der Waals surface area contributed by atoms with Crippen molar-refractivity contribution >= 4 is 45.7 Å². The monoisotopic (exact) mass is 456 g/mol. The topological polar surface area (TPSA) is 57.3 Å². The van der Waals surface area contributed by atoms with Crippen molar-refractivity contribution in [3.05, 3.63) is 70.3 Å². The van der Waals surface area contributed by atoms with Crippen LogP contribution in [0.25, 0.3) is 10.9 Å².